The lowest BCUT2D eigenvalue weighted by Gasteiger charge is -2.46. The van der Waals surface area contributed by atoms with Crippen molar-refractivity contribution in [3.63, 3.8) is 0 Å². The molecule has 0 saturated heterocycles. The lowest BCUT2D eigenvalue weighted by molar-refractivity contribution is 0.175. The Morgan fingerprint density at radius 3 is 2.50 bits per heavy atom. The van der Waals surface area contributed by atoms with Gasteiger partial charge in [0.05, 0.1) is 23.4 Å². The summed E-state index contributed by atoms with van der Waals surface area (Å²) < 4.78 is 0. The van der Waals surface area contributed by atoms with E-state index < -0.39 is 5.41 Å². The van der Waals surface area contributed by atoms with E-state index >= 15 is 0 Å². The van der Waals surface area contributed by atoms with Crippen molar-refractivity contribution < 1.29 is 0 Å². The molecular formula is C20H21N5S. The van der Waals surface area contributed by atoms with Crippen LogP contribution >= 0.6 is 11.3 Å². The van der Waals surface area contributed by atoms with Gasteiger partial charge < -0.3 is 5.73 Å². The highest BCUT2D eigenvalue weighted by molar-refractivity contribution is 7.10. The molecule has 6 heteroatoms. The van der Waals surface area contributed by atoms with Crippen molar-refractivity contribution in [3.05, 3.63) is 44.8 Å². The average Bonchev–Trinajstić information content (AvgIpc) is 3.05. The molecule has 3 rings (SSSR count). The highest BCUT2D eigenvalue weighted by Crippen LogP contribution is 2.55. The molecule has 0 saturated carbocycles. The van der Waals surface area contributed by atoms with Gasteiger partial charge in [0.15, 0.2) is 5.41 Å². The zero-order valence-electron chi connectivity index (χ0n) is 15.2. The third kappa shape index (κ3) is 2.44. The van der Waals surface area contributed by atoms with Crippen LogP contribution in [0.25, 0.3) is 0 Å². The van der Waals surface area contributed by atoms with Crippen LogP contribution < -0.4 is 5.73 Å². The number of fused-ring (bicyclic) bond motifs is 1. The standard InChI is InChI=1S/C20H21N5S/c1-12(2)25-6-4-14-15(8-21)19(24)20(10-22,11-23)17(16(14)9-25)18-13(3)5-7-26-18/h4-5,7,12,16-17H,6,9,24H2,1-3H3. The van der Waals surface area contributed by atoms with Crippen molar-refractivity contribution in [3.8, 4) is 18.2 Å². The third-order valence-electron chi connectivity index (χ3n) is 5.61. The maximum atomic E-state index is 10.0. The first kappa shape index (κ1) is 18.2. The minimum atomic E-state index is -1.53. The van der Waals surface area contributed by atoms with Crippen LogP contribution in [0.2, 0.25) is 0 Å². The summed E-state index contributed by atoms with van der Waals surface area (Å²) in [6, 6.07) is 8.89. The van der Waals surface area contributed by atoms with E-state index in [1.165, 1.54) is 0 Å². The SMILES string of the molecule is Cc1ccsc1C1C2CN(C(C)C)CC=C2C(C#N)=C(N)C1(C#N)C#N. The number of hydrogen-bond acceptors (Lipinski definition) is 6. The first-order valence-corrected chi connectivity index (χ1v) is 9.50. The van der Waals surface area contributed by atoms with E-state index in [1.54, 1.807) is 11.3 Å². The van der Waals surface area contributed by atoms with Crippen LogP contribution in [0.5, 0.6) is 0 Å². The molecule has 26 heavy (non-hydrogen) atoms. The summed E-state index contributed by atoms with van der Waals surface area (Å²) in [5, 5.41) is 31.7. The summed E-state index contributed by atoms with van der Waals surface area (Å²) in [7, 11) is 0. The highest BCUT2D eigenvalue weighted by Gasteiger charge is 2.55. The number of allylic oxidation sites excluding steroid dienone is 2. The molecule has 1 aliphatic heterocycles. The molecule has 0 aromatic carbocycles. The van der Waals surface area contributed by atoms with E-state index in [9.17, 15) is 15.8 Å². The normalized spacial score (nSPS) is 25.0. The van der Waals surface area contributed by atoms with Crippen LogP contribution in [-0.2, 0) is 0 Å². The van der Waals surface area contributed by atoms with Gasteiger partial charge in [-0.3, -0.25) is 4.90 Å². The number of hydrogen-bond donors (Lipinski definition) is 1. The van der Waals surface area contributed by atoms with E-state index in [0.29, 0.717) is 18.2 Å². The van der Waals surface area contributed by atoms with Gasteiger partial charge in [0, 0.05) is 35.8 Å². The van der Waals surface area contributed by atoms with Crippen LogP contribution in [0, 0.1) is 52.2 Å². The summed E-state index contributed by atoms with van der Waals surface area (Å²) in [5.74, 6) is -0.479. The van der Waals surface area contributed by atoms with E-state index in [4.69, 9.17) is 5.73 Å². The Hall–Kier alpha value is -2.59. The van der Waals surface area contributed by atoms with Crippen LogP contribution in [0.15, 0.2) is 34.4 Å². The minimum absolute atomic E-state index is 0.100. The number of thiophene rings is 1. The van der Waals surface area contributed by atoms with Crippen molar-refractivity contribution in [1.29, 1.82) is 15.8 Å². The molecule has 132 valence electrons. The van der Waals surface area contributed by atoms with Crippen molar-refractivity contribution in [1.82, 2.24) is 4.90 Å². The molecule has 1 aromatic heterocycles. The zero-order chi connectivity index (χ0) is 19.1. The Kier molecular flexibility index (Phi) is 4.63. The quantitative estimate of drug-likeness (QED) is 0.869. The Balaban J connectivity index is 2.31. The molecule has 1 aromatic rings. The topological polar surface area (TPSA) is 101 Å². The summed E-state index contributed by atoms with van der Waals surface area (Å²) in [6.45, 7) is 7.70. The van der Waals surface area contributed by atoms with E-state index in [2.05, 4.69) is 37.0 Å². The third-order valence-corrected chi connectivity index (χ3v) is 6.71. The first-order chi connectivity index (χ1) is 12.4. The molecule has 0 spiro atoms. The highest BCUT2D eigenvalue weighted by atomic mass is 32.1. The monoisotopic (exact) mass is 363 g/mol. The van der Waals surface area contributed by atoms with Crippen LogP contribution in [0.3, 0.4) is 0 Å². The summed E-state index contributed by atoms with van der Waals surface area (Å²) >= 11 is 1.56. The summed E-state index contributed by atoms with van der Waals surface area (Å²) in [6.07, 6.45) is 2.05. The number of rotatable bonds is 2. The molecule has 2 aliphatic rings. The second kappa shape index (κ2) is 6.61. The molecule has 0 fully saturated rings. The van der Waals surface area contributed by atoms with Gasteiger partial charge >= 0.3 is 0 Å². The van der Waals surface area contributed by atoms with Gasteiger partial charge in [-0.05, 0) is 43.4 Å². The molecule has 5 nitrogen and oxygen atoms in total. The molecule has 2 atom stereocenters. The predicted octanol–water partition coefficient (Wildman–Crippen LogP) is 3.19. The molecule has 0 amide bonds. The van der Waals surface area contributed by atoms with Crippen molar-refractivity contribution in [2.24, 2.45) is 17.1 Å². The van der Waals surface area contributed by atoms with Gasteiger partial charge in [-0.2, -0.15) is 15.8 Å². The maximum absolute atomic E-state index is 10.0. The van der Waals surface area contributed by atoms with Crippen molar-refractivity contribution in [2.45, 2.75) is 32.7 Å². The lowest BCUT2D eigenvalue weighted by Crippen LogP contribution is -2.49. The van der Waals surface area contributed by atoms with Crippen molar-refractivity contribution >= 4 is 11.3 Å². The van der Waals surface area contributed by atoms with Crippen LogP contribution in [0.4, 0.5) is 0 Å². The molecule has 2 unspecified atom stereocenters. The fourth-order valence-electron chi connectivity index (χ4n) is 4.10. The van der Waals surface area contributed by atoms with Crippen LogP contribution in [0.1, 0.15) is 30.2 Å². The van der Waals surface area contributed by atoms with Gasteiger partial charge in [-0.15, -0.1) is 11.3 Å². The minimum Gasteiger partial charge on any atom is -0.399 e. The smallest absolute Gasteiger partial charge is 0.192 e. The van der Waals surface area contributed by atoms with Crippen molar-refractivity contribution in [2.75, 3.05) is 13.1 Å². The Bertz CT molecular complexity index is 901. The molecule has 2 N–H and O–H groups in total. The van der Waals surface area contributed by atoms with Crippen LogP contribution in [-0.4, -0.2) is 24.0 Å². The number of nitriles is 3. The summed E-state index contributed by atoms with van der Waals surface area (Å²) in [4.78, 5) is 3.31. The lowest BCUT2D eigenvalue weighted by atomic mass is 9.59. The van der Waals surface area contributed by atoms with Gasteiger partial charge in [0.25, 0.3) is 0 Å². The molecule has 0 bridgehead atoms. The number of nitrogens with two attached hydrogens (primary N) is 1. The fourth-order valence-corrected chi connectivity index (χ4v) is 5.26. The largest absolute Gasteiger partial charge is 0.399 e. The fraction of sp³-hybridized carbons (Fsp3) is 0.450. The molecule has 1 aliphatic carbocycles. The number of nitrogens with zero attached hydrogens (tertiary/aromatic N) is 4. The van der Waals surface area contributed by atoms with E-state index in [1.807, 2.05) is 24.4 Å². The van der Waals surface area contributed by atoms with Gasteiger partial charge in [0.1, 0.15) is 6.07 Å². The molecule has 2 heterocycles. The second-order valence-electron chi connectivity index (χ2n) is 7.19. The summed E-state index contributed by atoms with van der Waals surface area (Å²) in [5.41, 5.74) is 7.14. The Morgan fingerprint density at radius 1 is 1.31 bits per heavy atom. The maximum Gasteiger partial charge on any atom is 0.192 e. The van der Waals surface area contributed by atoms with Gasteiger partial charge in [-0.1, -0.05) is 6.08 Å². The Morgan fingerprint density at radius 2 is 2.00 bits per heavy atom. The van der Waals surface area contributed by atoms with E-state index in [-0.39, 0.29) is 17.5 Å². The predicted molar refractivity (Wildman–Crippen MR) is 101 cm³/mol. The van der Waals surface area contributed by atoms with Gasteiger partial charge in [0.2, 0.25) is 0 Å². The molecular weight excluding hydrogens is 342 g/mol. The number of aryl methyl sites for hydroxylation is 1. The zero-order valence-corrected chi connectivity index (χ0v) is 16.0. The van der Waals surface area contributed by atoms with Gasteiger partial charge in [-0.25, -0.2) is 0 Å². The first-order valence-electron chi connectivity index (χ1n) is 8.62. The average molecular weight is 363 g/mol. The molecule has 0 radical (unpaired) electrons. The second-order valence-corrected chi connectivity index (χ2v) is 8.14. The Labute approximate surface area is 158 Å². The van der Waals surface area contributed by atoms with E-state index in [0.717, 1.165) is 22.6 Å².